The zero-order valence-corrected chi connectivity index (χ0v) is 18.1. The molecule has 0 fully saturated rings. The molecule has 0 aliphatic rings. The van der Waals surface area contributed by atoms with Crippen LogP contribution in [0.1, 0.15) is 36.5 Å². The second-order valence-corrected chi connectivity index (χ2v) is 7.30. The third-order valence-electron chi connectivity index (χ3n) is 4.92. The van der Waals surface area contributed by atoms with Gasteiger partial charge in [0.15, 0.2) is 16.8 Å². The van der Waals surface area contributed by atoms with Gasteiger partial charge in [0.2, 0.25) is 5.82 Å². The van der Waals surface area contributed by atoms with Gasteiger partial charge in [-0.15, -0.1) is 10.2 Å². The lowest BCUT2D eigenvalue weighted by molar-refractivity contribution is 0.102. The minimum absolute atomic E-state index is 0.144. The van der Waals surface area contributed by atoms with Crippen molar-refractivity contribution in [2.75, 3.05) is 11.9 Å². The summed E-state index contributed by atoms with van der Waals surface area (Å²) in [4.78, 5) is 25.3. The molecule has 4 aromatic rings. The number of fused-ring (bicyclic) bond motifs is 1. The lowest BCUT2D eigenvalue weighted by Crippen LogP contribution is -2.13. The number of para-hydroxylation sites is 1. The molecule has 9 nitrogen and oxygen atoms in total. The predicted molar refractivity (Wildman–Crippen MR) is 124 cm³/mol. The van der Waals surface area contributed by atoms with E-state index in [1.807, 2.05) is 6.08 Å². The van der Waals surface area contributed by atoms with Gasteiger partial charge in [0, 0.05) is 11.6 Å². The first-order chi connectivity index (χ1) is 16.2. The van der Waals surface area contributed by atoms with Crippen molar-refractivity contribution in [1.29, 1.82) is 0 Å². The molecule has 1 amide bonds. The molecule has 0 bridgehead atoms. The van der Waals surface area contributed by atoms with Crippen LogP contribution in [0.25, 0.3) is 22.6 Å². The average molecular weight is 445 g/mol. The lowest BCUT2D eigenvalue weighted by atomic mass is 10.1. The molecule has 2 N–H and O–H groups in total. The Kier molecular flexibility index (Phi) is 6.89. The summed E-state index contributed by atoms with van der Waals surface area (Å²) in [5.41, 5.74) is 0.748. The molecular formula is C24H23N5O4. The molecule has 0 aliphatic carbocycles. The fourth-order valence-electron chi connectivity index (χ4n) is 3.20. The number of hydrogen-bond donors (Lipinski definition) is 2. The summed E-state index contributed by atoms with van der Waals surface area (Å²) in [6.45, 7) is 2.64. The zero-order chi connectivity index (χ0) is 23.0. The SMILES string of the molecule is CCCC/C=C/COc1ccc(C(=O)Nc2cccc3c(=O)cc(-c4nn[nH]n4)oc23)cc1. The highest BCUT2D eigenvalue weighted by molar-refractivity contribution is 6.08. The number of unbranched alkanes of at least 4 members (excludes halogenated alkanes) is 2. The normalized spacial score (nSPS) is 11.2. The highest BCUT2D eigenvalue weighted by Crippen LogP contribution is 2.26. The van der Waals surface area contributed by atoms with Gasteiger partial charge in [-0.05, 0) is 48.0 Å². The van der Waals surface area contributed by atoms with Gasteiger partial charge in [-0.1, -0.05) is 38.0 Å². The fraction of sp³-hybridized carbons (Fsp3) is 0.208. The summed E-state index contributed by atoms with van der Waals surface area (Å²) in [5, 5.41) is 16.6. The van der Waals surface area contributed by atoms with E-state index in [9.17, 15) is 9.59 Å². The van der Waals surface area contributed by atoms with Gasteiger partial charge in [0.25, 0.3) is 5.91 Å². The first-order valence-electron chi connectivity index (χ1n) is 10.7. The van der Waals surface area contributed by atoms with E-state index in [0.29, 0.717) is 29.0 Å². The number of aromatic amines is 1. The number of aromatic nitrogens is 4. The maximum absolute atomic E-state index is 12.8. The van der Waals surface area contributed by atoms with Gasteiger partial charge >= 0.3 is 0 Å². The molecule has 0 saturated heterocycles. The number of nitrogens with one attached hydrogen (secondary N) is 2. The maximum atomic E-state index is 12.8. The molecule has 0 spiro atoms. The highest BCUT2D eigenvalue weighted by atomic mass is 16.5. The number of tetrazole rings is 1. The first-order valence-corrected chi connectivity index (χ1v) is 10.7. The smallest absolute Gasteiger partial charge is 0.255 e. The van der Waals surface area contributed by atoms with Crippen LogP contribution < -0.4 is 15.5 Å². The van der Waals surface area contributed by atoms with E-state index in [1.165, 1.54) is 18.9 Å². The topological polar surface area (TPSA) is 123 Å². The van der Waals surface area contributed by atoms with Gasteiger partial charge < -0.3 is 14.5 Å². The number of rotatable bonds is 9. The van der Waals surface area contributed by atoms with Crippen molar-refractivity contribution in [1.82, 2.24) is 20.6 Å². The molecule has 0 atom stereocenters. The van der Waals surface area contributed by atoms with Gasteiger partial charge in [0.1, 0.15) is 12.4 Å². The molecular weight excluding hydrogens is 422 g/mol. The quantitative estimate of drug-likeness (QED) is 0.290. The molecule has 0 saturated carbocycles. The molecule has 2 aromatic heterocycles. The Morgan fingerprint density at radius 3 is 2.79 bits per heavy atom. The van der Waals surface area contributed by atoms with E-state index in [-0.39, 0.29) is 28.5 Å². The van der Waals surface area contributed by atoms with Crippen LogP contribution in [0.4, 0.5) is 5.69 Å². The van der Waals surface area contributed by atoms with Crippen molar-refractivity contribution >= 4 is 22.6 Å². The third-order valence-corrected chi connectivity index (χ3v) is 4.92. The number of amides is 1. The molecule has 33 heavy (non-hydrogen) atoms. The first kappa shape index (κ1) is 21.9. The second kappa shape index (κ2) is 10.4. The Bertz CT molecular complexity index is 1310. The van der Waals surface area contributed by atoms with Crippen LogP contribution in [-0.4, -0.2) is 33.1 Å². The van der Waals surface area contributed by atoms with E-state index >= 15 is 0 Å². The maximum Gasteiger partial charge on any atom is 0.255 e. The largest absolute Gasteiger partial charge is 0.490 e. The number of nitrogens with zero attached hydrogens (tertiary/aromatic N) is 3. The number of H-pyrrole nitrogens is 1. The van der Waals surface area contributed by atoms with Crippen molar-refractivity contribution in [2.24, 2.45) is 0 Å². The molecule has 0 radical (unpaired) electrons. The van der Waals surface area contributed by atoms with Crippen molar-refractivity contribution in [3.05, 3.63) is 76.5 Å². The van der Waals surface area contributed by atoms with Crippen molar-refractivity contribution in [2.45, 2.75) is 26.2 Å². The van der Waals surface area contributed by atoms with Crippen molar-refractivity contribution in [3.8, 4) is 17.3 Å². The predicted octanol–water partition coefficient (Wildman–Crippen LogP) is 4.35. The molecule has 2 aromatic carbocycles. The van der Waals surface area contributed by atoms with Gasteiger partial charge in [-0.3, -0.25) is 9.59 Å². The number of carbonyl (C=O) groups is 1. The van der Waals surface area contributed by atoms with E-state index < -0.39 is 0 Å². The number of allylic oxidation sites excluding steroid dienone is 1. The van der Waals surface area contributed by atoms with Crippen molar-refractivity contribution < 1.29 is 13.9 Å². The second-order valence-electron chi connectivity index (χ2n) is 7.30. The molecule has 0 unspecified atom stereocenters. The molecule has 4 rings (SSSR count). The molecule has 9 heteroatoms. The van der Waals surface area contributed by atoms with Gasteiger partial charge in [0.05, 0.1) is 11.1 Å². The summed E-state index contributed by atoms with van der Waals surface area (Å²) in [6.07, 6.45) is 7.48. The number of hydrogen-bond acceptors (Lipinski definition) is 7. The van der Waals surface area contributed by atoms with Crippen LogP contribution in [0.5, 0.6) is 5.75 Å². The fourth-order valence-corrected chi connectivity index (χ4v) is 3.20. The summed E-state index contributed by atoms with van der Waals surface area (Å²) in [7, 11) is 0. The summed E-state index contributed by atoms with van der Waals surface area (Å²) in [6, 6.07) is 13.1. The molecule has 2 heterocycles. The van der Waals surface area contributed by atoms with E-state index in [0.717, 1.165) is 6.42 Å². The number of anilines is 1. The minimum Gasteiger partial charge on any atom is -0.490 e. The lowest BCUT2D eigenvalue weighted by Gasteiger charge is -2.09. The van der Waals surface area contributed by atoms with Crippen molar-refractivity contribution in [3.63, 3.8) is 0 Å². The average Bonchev–Trinajstić information content (AvgIpc) is 3.37. The van der Waals surface area contributed by atoms with E-state index in [4.69, 9.17) is 9.15 Å². The summed E-state index contributed by atoms with van der Waals surface area (Å²) >= 11 is 0. The Labute approximate surface area is 189 Å². The summed E-state index contributed by atoms with van der Waals surface area (Å²) in [5.74, 6) is 0.618. The van der Waals surface area contributed by atoms with Gasteiger partial charge in [-0.25, -0.2) is 0 Å². The van der Waals surface area contributed by atoms with Crippen LogP contribution in [-0.2, 0) is 0 Å². The number of carbonyl (C=O) groups excluding carboxylic acids is 1. The molecule has 0 aliphatic heterocycles. The minimum atomic E-state index is -0.346. The van der Waals surface area contributed by atoms with Gasteiger partial charge in [-0.2, -0.15) is 5.21 Å². The zero-order valence-electron chi connectivity index (χ0n) is 18.1. The van der Waals surface area contributed by atoms with Crippen LogP contribution in [0, 0.1) is 0 Å². The van der Waals surface area contributed by atoms with Crippen LogP contribution >= 0.6 is 0 Å². The number of ether oxygens (including phenoxy) is 1. The van der Waals surface area contributed by atoms with Crippen LogP contribution in [0.2, 0.25) is 0 Å². The third kappa shape index (κ3) is 5.32. The van der Waals surface area contributed by atoms with Crippen LogP contribution in [0.15, 0.2) is 69.9 Å². The Balaban J connectivity index is 1.48. The number of benzene rings is 2. The monoisotopic (exact) mass is 445 g/mol. The molecule has 168 valence electrons. The van der Waals surface area contributed by atoms with E-state index in [2.05, 4.69) is 38.9 Å². The Hall–Kier alpha value is -4.27. The van der Waals surface area contributed by atoms with Crippen LogP contribution in [0.3, 0.4) is 0 Å². The highest BCUT2D eigenvalue weighted by Gasteiger charge is 2.15. The summed E-state index contributed by atoms with van der Waals surface area (Å²) < 4.78 is 11.5. The Morgan fingerprint density at radius 1 is 1.18 bits per heavy atom. The van der Waals surface area contributed by atoms with E-state index in [1.54, 1.807) is 42.5 Å². The standard InChI is InChI=1S/C24H23N5O4/c1-2-3-4-5-6-14-32-17-12-10-16(11-13-17)24(31)25-19-9-7-8-18-20(30)15-21(33-22(18)19)23-26-28-29-27-23/h5-13,15H,2-4,14H2,1H3,(H,25,31)(H,26,27,28,29)/b6-5+. The Morgan fingerprint density at radius 2 is 2.03 bits per heavy atom.